The van der Waals surface area contributed by atoms with Gasteiger partial charge in [-0.05, 0) is 24.1 Å². The number of hydrogen-bond acceptors (Lipinski definition) is 4. The highest BCUT2D eigenvalue weighted by atomic mass is 16.1. The van der Waals surface area contributed by atoms with Crippen molar-refractivity contribution >= 4 is 11.7 Å². The van der Waals surface area contributed by atoms with Crippen LogP contribution in [0.2, 0.25) is 0 Å². The number of amidine groups is 1. The average Bonchev–Trinajstić information content (AvgIpc) is 2.84. The lowest BCUT2D eigenvalue weighted by Crippen LogP contribution is -2.38. The number of hydrogen-bond donors (Lipinski definition) is 2. The van der Waals surface area contributed by atoms with Crippen LogP contribution in [0.1, 0.15) is 12.8 Å². The Morgan fingerprint density at radius 1 is 1.47 bits per heavy atom. The number of carbonyl (C=O) groups is 1. The Hall–Kier alpha value is -1.88. The summed E-state index contributed by atoms with van der Waals surface area (Å²) in [6, 6.07) is 0.286. The quantitative estimate of drug-likeness (QED) is 0.773. The SMILES string of the molecule is O=C1CC[C@@H](CNCC2=CN=C3C=CC=CN3C2)N1. The van der Waals surface area contributed by atoms with Gasteiger partial charge in [-0.1, -0.05) is 6.08 Å². The lowest BCUT2D eigenvalue weighted by Gasteiger charge is -2.26. The van der Waals surface area contributed by atoms with Crippen LogP contribution in [-0.2, 0) is 4.79 Å². The molecule has 2 N–H and O–H groups in total. The van der Waals surface area contributed by atoms with E-state index in [1.807, 2.05) is 30.6 Å². The summed E-state index contributed by atoms with van der Waals surface area (Å²) in [4.78, 5) is 17.6. The van der Waals surface area contributed by atoms with E-state index in [0.29, 0.717) is 6.42 Å². The van der Waals surface area contributed by atoms with Crippen molar-refractivity contribution in [3.8, 4) is 0 Å². The largest absolute Gasteiger partial charge is 0.352 e. The van der Waals surface area contributed by atoms with E-state index >= 15 is 0 Å². The zero-order chi connectivity index (χ0) is 13.1. The minimum Gasteiger partial charge on any atom is -0.352 e. The topological polar surface area (TPSA) is 56.7 Å². The Balaban J connectivity index is 1.47. The molecule has 0 spiro atoms. The lowest BCUT2D eigenvalue weighted by atomic mass is 10.2. The molecule has 0 unspecified atom stereocenters. The monoisotopic (exact) mass is 258 g/mol. The molecule has 1 fully saturated rings. The van der Waals surface area contributed by atoms with Gasteiger partial charge in [-0.3, -0.25) is 4.79 Å². The molecular formula is C14H18N4O. The van der Waals surface area contributed by atoms with Gasteiger partial charge in [-0.2, -0.15) is 0 Å². The van der Waals surface area contributed by atoms with Gasteiger partial charge in [-0.25, -0.2) is 4.99 Å². The van der Waals surface area contributed by atoms with Crippen LogP contribution in [0.25, 0.3) is 0 Å². The molecule has 3 aliphatic heterocycles. The van der Waals surface area contributed by atoms with Crippen LogP contribution < -0.4 is 10.6 Å². The normalized spacial score (nSPS) is 24.9. The zero-order valence-electron chi connectivity index (χ0n) is 10.8. The van der Waals surface area contributed by atoms with Crippen LogP contribution in [0.15, 0.2) is 41.2 Å². The first-order valence-electron chi connectivity index (χ1n) is 6.68. The number of allylic oxidation sites excluding steroid dienone is 2. The van der Waals surface area contributed by atoms with Gasteiger partial charge in [0.25, 0.3) is 0 Å². The van der Waals surface area contributed by atoms with E-state index in [1.165, 1.54) is 5.57 Å². The van der Waals surface area contributed by atoms with E-state index in [2.05, 4.69) is 20.5 Å². The number of nitrogens with zero attached hydrogens (tertiary/aromatic N) is 2. The molecule has 3 heterocycles. The van der Waals surface area contributed by atoms with Gasteiger partial charge in [0.2, 0.25) is 5.91 Å². The summed E-state index contributed by atoms with van der Waals surface area (Å²) in [7, 11) is 0. The number of aliphatic imine (C=N–C) groups is 1. The first kappa shape index (κ1) is 12.2. The molecule has 0 aromatic rings. The third kappa shape index (κ3) is 2.93. The zero-order valence-corrected chi connectivity index (χ0v) is 10.8. The summed E-state index contributed by atoms with van der Waals surface area (Å²) in [6.07, 6.45) is 11.6. The van der Waals surface area contributed by atoms with Crippen LogP contribution in [0.3, 0.4) is 0 Å². The number of rotatable bonds is 4. The number of fused-ring (bicyclic) bond motifs is 1. The Morgan fingerprint density at radius 2 is 2.42 bits per heavy atom. The summed E-state index contributed by atoms with van der Waals surface area (Å²) in [5.74, 6) is 1.16. The molecule has 0 radical (unpaired) electrons. The second-order valence-corrected chi connectivity index (χ2v) is 5.04. The minimum absolute atomic E-state index is 0.170. The fourth-order valence-corrected chi connectivity index (χ4v) is 2.47. The predicted octanol–water partition coefficient (Wildman–Crippen LogP) is 0.536. The van der Waals surface area contributed by atoms with Crippen molar-refractivity contribution in [2.75, 3.05) is 19.6 Å². The maximum atomic E-state index is 11.1. The molecule has 3 aliphatic rings. The van der Waals surface area contributed by atoms with Gasteiger partial charge in [0.1, 0.15) is 5.84 Å². The van der Waals surface area contributed by atoms with Gasteiger partial charge in [-0.15, -0.1) is 0 Å². The fourth-order valence-electron chi connectivity index (χ4n) is 2.47. The van der Waals surface area contributed by atoms with Crippen LogP contribution in [-0.4, -0.2) is 42.3 Å². The van der Waals surface area contributed by atoms with Crippen LogP contribution in [0.4, 0.5) is 0 Å². The molecule has 100 valence electrons. The van der Waals surface area contributed by atoms with Crippen molar-refractivity contribution in [2.45, 2.75) is 18.9 Å². The Morgan fingerprint density at radius 3 is 3.26 bits per heavy atom. The molecule has 0 saturated carbocycles. The molecule has 19 heavy (non-hydrogen) atoms. The maximum Gasteiger partial charge on any atom is 0.220 e. The Bertz CT molecular complexity index is 490. The Labute approximate surface area is 112 Å². The summed E-state index contributed by atoms with van der Waals surface area (Å²) in [5.41, 5.74) is 1.26. The third-order valence-corrected chi connectivity index (χ3v) is 3.50. The second-order valence-electron chi connectivity index (χ2n) is 5.04. The lowest BCUT2D eigenvalue weighted by molar-refractivity contribution is -0.119. The van der Waals surface area contributed by atoms with Gasteiger partial charge in [0, 0.05) is 44.5 Å². The molecule has 5 heteroatoms. The molecule has 0 bridgehead atoms. The van der Waals surface area contributed by atoms with E-state index in [-0.39, 0.29) is 11.9 Å². The van der Waals surface area contributed by atoms with Gasteiger partial charge >= 0.3 is 0 Å². The molecule has 1 amide bonds. The van der Waals surface area contributed by atoms with E-state index in [1.54, 1.807) is 0 Å². The molecule has 1 saturated heterocycles. The molecule has 1 atom stereocenters. The highest BCUT2D eigenvalue weighted by Gasteiger charge is 2.20. The molecule has 5 nitrogen and oxygen atoms in total. The van der Waals surface area contributed by atoms with Crippen molar-refractivity contribution in [3.63, 3.8) is 0 Å². The number of nitrogens with one attached hydrogen (secondary N) is 2. The molecule has 3 rings (SSSR count). The molecule has 0 aliphatic carbocycles. The van der Waals surface area contributed by atoms with Crippen molar-refractivity contribution in [1.29, 1.82) is 0 Å². The van der Waals surface area contributed by atoms with E-state index in [4.69, 9.17) is 0 Å². The van der Waals surface area contributed by atoms with Crippen molar-refractivity contribution in [1.82, 2.24) is 15.5 Å². The van der Waals surface area contributed by atoms with Crippen LogP contribution in [0, 0.1) is 0 Å². The third-order valence-electron chi connectivity index (χ3n) is 3.50. The summed E-state index contributed by atoms with van der Waals surface area (Å²) in [6.45, 7) is 2.52. The van der Waals surface area contributed by atoms with Gasteiger partial charge in [0.05, 0.1) is 0 Å². The van der Waals surface area contributed by atoms with E-state index < -0.39 is 0 Å². The average molecular weight is 258 g/mol. The number of carbonyl (C=O) groups excluding carboxylic acids is 1. The van der Waals surface area contributed by atoms with Crippen LogP contribution >= 0.6 is 0 Å². The van der Waals surface area contributed by atoms with Crippen molar-refractivity contribution in [3.05, 3.63) is 36.2 Å². The molecule has 0 aromatic carbocycles. The smallest absolute Gasteiger partial charge is 0.220 e. The summed E-state index contributed by atoms with van der Waals surface area (Å²) < 4.78 is 0. The van der Waals surface area contributed by atoms with Gasteiger partial charge < -0.3 is 15.5 Å². The Kier molecular flexibility index (Phi) is 3.46. The summed E-state index contributed by atoms with van der Waals surface area (Å²) >= 11 is 0. The van der Waals surface area contributed by atoms with Crippen molar-refractivity contribution in [2.24, 2.45) is 4.99 Å². The van der Waals surface area contributed by atoms with Crippen molar-refractivity contribution < 1.29 is 4.79 Å². The first-order chi connectivity index (χ1) is 9.31. The molecular weight excluding hydrogens is 240 g/mol. The van der Waals surface area contributed by atoms with E-state index in [0.717, 1.165) is 31.9 Å². The predicted molar refractivity (Wildman–Crippen MR) is 74.5 cm³/mol. The maximum absolute atomic E-state index is 11.1. The van der Waals surface area contributed by atoms with Gasteiger partial charge in [0.15, 0.2) is 0 Å². The first-order valence-corrected chi connectivity index (χ1v) is 6.68. The highest BCUT2D eigenvalue weighted by Crippen LogP contribution is 2.12. The highest BCUT2D eigenvalue weighted by molar-refractivity contribution is 5.96. The van der Waals surface area contributed by atoms with Crippen LogP contribution in [0.5, 0.6) is 0 Å². The summed E-state index contributed by atoms with van der Waals surface area (Å²) in [5, 5.41) is 6.35. The fraction of sp³-hybridized carbons (Fsp3) is 0.429. The number of amides is 1. The molecule has 0 aromatic heterocycles. The minimum atomic E-state index is 0.170. The second kappa shape index (κ2) is 5.40. The van der Waals surface area contributed by atoms with E-state index in [9.17, 15) is 4.79 Å². The standard InChI is InChI=1S/C14H18N4O/c19-14-5-4-12(17-14)9-15-7-11-8-16-13-3-1-2-6-18(13)10-11/h1-3,6,8,12,15H,4-5,7,9-10H2,(H,17,19)/t12-/m0/s1.